The van der Waals surface area contributed by atoms with Crippen LogP contribution in [0.3, 0.4) is 0 Å². The van der Waals surface area contributed by atoms with Crippen LogP contribution in [0, 0.1) is 0 Å². The second kappa shape index (κ2) is 6.35. The molecule has 0 unspecified atom stereocenters. The van der Waals surface area contributed by atoms with E-state index < -0.39 is 0 Å². The summed E-state index contributed by atoms with van der Waals surface area (Å²) in [7, 11) is 1.63. The zero-order chi connectivity index (χ0) is 10.3. The van der Waals surface area contributed by atoms with Gasteiger partial charge in [-0.25, -0.2) is 0 Å². The SMILES string of the molecule is C=CCO/C(C)=C(/C=C(C)C)OC. The van der Waals surface area contributed by atoms with Crippen LogP contribution in [0.5, 0.6) is 0 Å². The Labute approximate surface area is 80.5 Å². The number of methoxy groups -OCH3 is 1. The third-order valence-electron chi connectivity index (χ3n) is 1.40. The van der Waals surface area contributed by atoms with E-state index in [0.29, 0.717) is 6.61 Å². The van der Waals surface area contributed by atoms with Crippen molar-refractivity contribution in [3.63, 3.8) is 0 Å². The highest BCUT2D eigenvalue weighted by molar-refractivity contribution is 5.18. The highest BCUT2D eigenvalue weighted by Gasteiger charge is 1.99. The molecule has 0 spiro atoms. The lowest BCUT2D eigenvalue weighted by Gasteiger charge is -2.08. The summed E-state index contributed by atoms with van der Waals surface area (Å²) in [5.41, 5.74) is 1.18. The van der Waals surface area contributed by atoms with Gasteiger partial charge in [-0.1, -0.05) is 18.2 Å². The van der Waals surface area contributed by atoms with Crippen molar-refractivity contribution in [3.8, 4) is 0 Å². The van der Waals surface area contributed by atoms with E-state index in [0.717, 1.165) is 11.5 Å². The van der Waals surface area contributed by atoms with Gasteiger partial charge in [-0.05, 0) is 26.8 Å². The van der Waals surface area contributed by atoms with Gasteiger partial charge < -0.3 is 9.47 Å². The summed E-state index contributed by atoms with van der Waals surface area (Å²) in [6.45, 7) is 9.99. The second-order valence-electron chi connectivity index (χ2n) is 2.95. The molecule has 0 aromatic heterocycles. The van der Waals surface area contributed by atoms with Gasteiger partial charge in [0.25, 0.3) is 0 Å². The Balaban J connectivity index is 4.48. The van der Waals surface area contributed by atoms with E-state index in [1.54, 1.807) is 13.2 Å². The highest BCUT2D eigenvalue weighted by atomic mass is 16.5. The summed E-state index contributed by atoms with van der Waals surface area (Å²) in [6.07, 6.45) is 3.65. The fraction of sp³-hybridized carbons (Fsp3) is 0.455. The number of allylic oxidation sites excluding steroid dienone is 3. The van der Waals surface area contributed by atoms with E-state index in [2.05, 4.69) is 6.58 Å². The molecule has 0 bridgehead atoms. The van der Waals surface area contributed by atoms with E-state index in [9.17, 15) is 0 Å². The van der Waals surface area contributed by atoms with Crippen LogP contribution in [0.25, 0.3) is 0 Å². The zero-order valence-electron chi connectivity index (χ0n) is 8.89. The second-order valence-corrected chi connectivity index (χ2v) is 2.95. The topological polar surface area (TPSA) is 18.5 Å². The standard InChI is InChI=1S/C11H18O2/c1-6-7-13-10(4)11(12-5)8-9(2)3/h6,8H,1,7H2,2-5H3/b11-10-. The van der Waals surface area contributed by atoms with Gasteiger partial charge >= 0.3 is 0 Å². The van der Waals surface area contributed by atoms with Crippen LogP contribution in [-0.4, -0.2) is 13.7 Å². The first kappa shape index (κ1) is 11.8. The fourth-order valence-electron chi connectivity index (χ4n) is 0.822. The molecule has 0 aromatic rings. The van der Waals surface area contributed by atoms with Gasteiger partial charge in [-0.2, -0.15) is 0 Å². The van der Waals surface area contributed by atoms with Crippen LogP contribution in [0.15, 0.2) is 35.8 Å². The number of ether oxygens (including phenoxy) is 2. The predicted octanol–water partition coefficient (Wildman–Crippen LogP) is 3.03. The Morgan fingerprint density at radius 3 is 2.31 bits per heavy atom. The molecule has 0 saturated carbocycles. The van der Waals surface area contributed by atoms with Crippen LogP contribution in [0.4, 0.5) is 0 Å². The molecule has 13 heavy (non-hydrogen) atoms. The minimum Gasteiger partial charge on any atom is -0.493 e. The molecule has 0 amide bonds. The highest BCUT2D eigenvalue weighted by Crippen LogP contribution is 2.10. The van der Waals surface area contributed by atoms with Gasteiger partial charge in [0.15, 0.2) is 5.76 Å². The summed E-state index contributed by atoms with van der Waals surface area (Å²) in [4.78, 5) is 0. The molecule has 0 N–H and O–H groups in total. The van der Waals surface area contributed by atoms with Crippen molar-refractivity contribution in [2.24, 2.45) is 0 Å². The smallest absolute Gasteiger partial charge is 0.156 e. The molecule has 0 aliphatic heterocycles. The molecule has 2 nitrogen and oxygen atoms in total. The monoisotopic (exact) mass is 182 g/mol. The first-order valence-electron chi connectivity index (χ1n) is 4.25. The summed E-state index contributed by atoms with van der Waals surface area (Å²) < 4.78 is 10.5. The normalized spacial score (nSPS) is 11.4. The maximum atomic E-state index is 5.34. The molecule has 0 aromatic carbocycles. The van der Waals surface area contributed by atoms with Crippen molar-refractivity contribution in [2.75, 3.05) is 13.7 Å². The van der Waals surface area contributed by atoms with Gasteiger partial charge in [0.05, 0.1) is 7.11 Å². The largest absolute Gasteiger partial charge is 0.493 e. The molecule has 0 fully saturated rings. The van der Waals surface area contributed by atoms with Gasteiger partial charge in [0.1, 0.15) is 12.4 Å². The zero-order valence-corrected chi connectivity index (χ0v) is 8.89. The molecule has 0 atom stereocenters. The van der Waals surface area contributed by atoms with Crippen LogP contribution < -0.4 is 0 Å². The quantitative estimate of drug-likeness (QED) is 0.369. The number of rotatable bonds is 5. The number of hydrogen-bond acceptors (Lipinski definition) is 2. The van der Waals surface area contributed by atoms with E-state index in [1.165, 1.54) is 5.57 Å². The van der Waals surface area contributed by atoms with Crippen LogP contribution in [-0.2, 0) is 9.47 Å². The van der Waals surface area contributed by atoms with Crippen molar-refractivity contribution >= 4 is 0 Å². The Morgan fingerprint density at radius 1 is 1.31 bits per heavy atom. The molecule has 0 heterocycles. The molecular weight excluding hydrogens is 164 g/mol. The summed E-state index contributed by atoms with van der Waals surface area (Å²) in [5.74, 6) is 1.55. The molecular formula is C11H18O2. The fourth-order valence-corrected chi connectivity index (χ4v) is 0.822. The average molecular weight is 182 g/mol. The van der Waals surface area contributed by atoms with E-state index in [4.69, 9.17) is 9.47 Å². The third-order valence-corrected chi connectivity index (χ3v) is 1.40. The molecule has 0 rings (SSSR count). The molecule has 0 aliphatic carbocycles. The average Bonchev–Trinajstić information content (AvgIpc) is 2.09. The molecule has 0 saturated heterocycles. The van der Waals surface area contributed by atoms with Crippen molar-refractivity contribution in [1.82, 2.24) is 0 Å². The van der Waals surface area contributed by atoms with Crippen LogP contribution in [0.2, 0.25) is 0 Å². The van der Waals surface area contributed by atoms with E-state index >= 15 is 0 Å². The lowest BCUT2D eigenvalue weighted by molar-refractivity contribution is 0.208. The Kier molecular flexibility index (Phi) is 5.77. The molecule has 0 aliphatic rings. The van der Waals surface area contributed by atoms with Gasteiger partial charge in [0, 0.05) is 0 Å². The summed E-state index contributed by atoms with van der Waals surface area (Å²) in [6, 6.07) is 0. The van der Waals surface area contributed by atoms with Gasteiger partial charge in [-0.3, -0.25) is 0 Å². The lowest BCUT2D eigenvalue weighted by atomic mass is 10.3. The maximum absolute atomic E-state index is 5.34. The Morgan fingerprint density at radius 2 is 1.92 bits per heavy atom. The Hall–Kier alpha value is -1.18. The Bertz CT molecular complexity index is 220. The van der Waals surface area contributed by atoms with Crippen molar-refractivity contribution in [1.29, 1.82) is 0 Å². The van der Waals surface area contributed by atoms with Gasteiger partial charge in [0.2, 0.25) is 0 Å². The van der Waals surface area contributed by atoms with Crippen LogP contribution in [0.1, 0.15) is 20.8 Å². The van der Waals surface area contributed by atoms with Crippen molar-refractivity contribution < 1.29 is 9.47 Å². The van der Waals surface area contributed by atoms with E-state index in [1.807, 2.05) is 26.8 Å². The van der Waals surface area contributed by atoms with E-state index in [-0.39, 0.29) is 0 Å². The minimum atomic E-state index is 0.509. The molecule has 2 heteroatoms. The first-order chi connectivity index (χ1) is 6.11. The third kappa shape index (κ3) is 5.12. The summed E-state index contributed by atoms with van der Waals surface area (Å²) in [5, 5.41) is 0. The number of hydrogen-bond donors (Lipinski definition) is 0. The maximum Gasteiger partial charge on any atom is 0.156 e. The summed E-state index contributed by atoms with van der Waals surface area (Å²) >= 11 is 0. The first-order valence-corrected chi connectivity index (χ1v) is 4.25. The predicted molar refractivity (Wildman–Crippen MR) is 55.3 cm³/mol. The molecule has 74 valence electrons. The van der Waals surface area contributed by atoms with Crippen molar-refractivity contribution in [2.45, 2.75) is 20.8 Å². The van der Waals surface area contributed by atoms with Crippen LogP contribution >= 0.6 is 0 Å². The van der Waals surface area contributed by atoms with Crippen molar-refractivity contribution in [3.05, 3.63) is 35.8 Å². The van der Waals surface area contributed by atoms with Gasteiger partial charge in [-0.15, -0.1) is 0 Å². The lowest BCUT2D eigenvalue weighted by Crippen LogP contribution is -1.95. The minimum absolute atomic E-state index is 0.509. The molecule has 0 radical (unpaired) electrons.